The first-order valence-electron chi connectivity index (χ1n) is 5.53. The maximum absolute atomic E-state index is 12.3. The van der Waals surface area contributed by atoms with Gasteiger partial charge in [-0.25, -0.2) is 13.1 Å². The number of carbonyl (C=O) groups is 1. The minimum Gasteiger partial charge on any atom is -0.481 e. The molecule has 1 aromatic heterocycles. The van der Waals surface area contributed by atoms with E-state index in [1.165, 1.54) is 16.0 Å². The van der Waals surface area contributed by atoms with Crippen molar-refractivity contribution in [3.05, 3.63) is 4.60 Å². The van der Waals surface area contributed by atoms with Crippen LogP contribution in [0.5, 0.6) is 0 Å². The number of hydrogen-bond acceptors (Lipinski definition) is 5. The van der Waals surface area contributed by atoms with Crippen molar-refractivity contribution in [1.82, 2.24) is 19.3 Å². The molecule has 1 N–H and O–H groups in total. The lowest BCUT2D eigenvalue weighted by atomic mass is 9.89. The fourth-order valence-electron chi connectivity index (χ4n) is 1.90. The molecule has 1 aliphatic rings. The standard InChI is InChI=1S/C9H13BrN4O4S/c1-5(9(15)16)6-3-14(4-6)19(17,18)8-7(10)11-12-13(8)2/h5-6H,3-4H2,1-2H3,(H,15,16). The Bertz CT molecular complexity index is 588. The zero-order valence-corrected chi connectivity index (χ0v) is 12.7. The van der Waals surface area contributed by atoms with E-state index in [1.54, 1.807) is 6.92 Å². The number of aliphatic carboxylic acids is 1. The van der Waals surface area contributed by atoms with Crippen molar-refractivity contribution in [3.63, 3.8) is 0 Å². The molecule has 1 aromatic rings. The lowest BCUT2D eigenvalue weighted by Gasteiger charge is -2.39. The minimum absolute atomic E-state index is 0.0195. The molecule has 1 aliphatic heterocycles. The first-order chi connectivity index (χ1) is 8.75. The number of sulfonamides is 1. The van der Waals surface area contributed by atoms with Crippen molar-refractivity contribution in [3.8, 4) is 0 Å². The number of carboxylic acids is 1. The highest BCUT2D eigenvalue weighted by atomic mass is 79.9. The smallest absolute Gasteiger partial charge is 0.306 e. The summed E-state index contributed by atoms with van der Waals surface area (Å²) >= 11 is 3.05. The monoisotopic (exact) mass is 352 g/mol. The van der Waals surface area contributed by atoms with Crippen LogP contribution in [0.15, 0.2) is 9.63 Å². The summed E-state index contributed by atoms with van der Waals surface area (Å²) in [4.78, 5) is 10.8. The zero-order valence-electron chi connectivity index (χ0n) is 10.3. The Labute approximate surface area is 118 Å². The molecule has 2 rings (SSSR count). The third-order valence-electron chi connectivity index (χ3n) is 3.29. The van der Waals surface area contributed by atoms with Gasteiger partial charge in [-0.05, 0) is 21.8 Å². The van der Waals surface area contributed by atoms with E-state index in [0.29, 0.717) is 0 Å². The summed E-state index contributed by atoms with van der Waals surface area (Å²) < 4.78 is 27.2. The molecule has 0 amide bonds. The second-order valence-electron chi connectivity index (χ2n) is 4.52. The molecule has 0 radical (unpaired) electrons. The maximum atomic E-state index is 12.3. The molecule has 0 bridgehead atoms. The summed E-state index contributed by atoms with van der Waals surface area (Å²) in [5, 5.41) is 16.1. The third-order valence-corrected chi connectivity index (χ3v) is 6.02. The molecule has 1 unspecified atom stereocenters. The van der Waals surface area contributed by atoms with Gasteiger partial charge < -0.3 is 5.11 Å². The maximum Gasteiger partial charge on any atom is 0.306 e. The fraction of sp³-hybridized carbons (Fsp3) is 0.667. The van der Waals surface area contributed by atoms with Crippen LogP contribution in [-0.4, -0.2) is 51.9 Å². The Hall–Kier alpha value is -1.00. The van der Waals surface area contributed by atoms with Crippen molar-refractivity contribution in [2.75, 3.05) is 13.1 Å². The van der Waals surface area contributed by atoms with Gasteiger partial charge in [-0.15, -0.1) is 5.10 Å². The predicted octanol–water partition coefficient (Wildman–Crippen LogP) is -0.0812. The number of hydrogen-bond donors (Lipinski definition) is 1. The molecule has 0 aliphatic carbocycles. The average molecular weight is 353 g/mol. The molecular formula is C9H13BrN4O4S. The quantitative estimate of drug-likeness (QED) is 0.812. The van der Waals surface area contributed by atoms with Gasteiger partial charge in [-0.1, -0.05) is 12.1 Å². The molecule has 1 fully saturated rings. The molecule has 1 atom stereocenters. The van der Waals surface area contributed by atoms with Crippen LogP contribution in [0.25, 0.3) is 0 Å². The topological polar surface area (TPSA) is 105 Å². The predicted molar refractivity (Wildman–Crippen MR) is 67.8 cm³/mol. The largest absolute Gasteiger partial charge is 0.481 e. The van der Waals surface area contributed by atoms with Crippen molar-refractivity contribution >= 4 is 31.9 Å². The minimum atomic E-state index is -3.68. The van der Waals surface area contributed by atoms with Gasteiger partial charge in [0.25, 0.3) is 10.0 Å². The van der Waals surface area contributed by atoms with Crippen LogP contribution >= 0.6 is 15.9 Å². The summed E-state index contributed by atoms with van der Waals surface area (Å²) in [7, 11) is -2.19. The number of carboxylic acid groups (broad SMARTS) is 1. The average Bonchev–Trinajstić information content (AvgIpc) is 2.55. The SMILES string of the molecule is CC(C(=O)O)C1CN(S(=O)(=O)c2c(Br)nnn2C)C1. The van der Waals surface area contributed by atoms with E-state index in [4.69, 9.17) is 5.11 Å². The van der Waals surface area contributed by atoms with E-state index >= 15 is 0 Å². The number of nitrogens with zero attached hydrogens (tertiary/aromatic N) is 4. The van der Waals surface area contributed by atoms with Gasteiger partial charge in [0.1, 0.15) is 0 Å². The van der Waals surface area contributed by atoms with Crippen LogP contribution in [0.3, 0.4) is 0 Å². The van der Waals surface area contributed by atoms with Gasteiger partial charge in [0.05, 0.1) is 5.92 Å². The van der Waals surface area contributed by atoms with Crippen molar-refractivity contribution < 1.29 is 18.3 Å². The van der Waals surface area contributed by atoms with Gasteiger partial charge in [0.15, 0.2) is 4.60 Å². The summed E-state index contributed by atoms with van der Waals surface area (Å²) in [6.45, 7) is 1.99. The molecule has 10 heteroatoms. The zero-order chi connectivity index (χ0) is 14.4. The highest BCUT2D eigenvalue weighted by Gasteiger charge is 2.43. The summed E-state index contributed by atoms with van der Waals surface area (Å²) in [5.41, 5.74) is 0. The molecule has 1 saturated heterocycles. The van der Waals surface area contributed by atoms with E-state index in [-0.39, 0.29) is 28.6 Å². The second kappa shape index (κ2) is 4.84. The highest BCUT2D eigenvalue weighted by molar-refractivity contribution is 9.10. The highest BCUT2D eigenvalue weighted by Crippen LogP contribution is 2.31. The molecule has 0 aromatic carbocycles. The molecule has 106 valence electrons. The van der Waals surface area contributed by atoms with Crippen molar-refractivity contribution in [2.24, 2.45) is 18.9 Å². The Morgan fingerprint density at radius 3 is 2.53 bits per heavy atom. The van der Waals surface area contributed by atoms with Crippen LogP contribution in [-0.2, 0) is 21.9 Å². The van der Waals surface area contributed by atoms with E-state index < -0.39 is 21.9 Å². The van der Waals surface area contributed by atoms with Crippen LogP contribution in [0.1, 0.15) is 6.92 Å². The van der Waals surface area contributed by atoms with E-state index in [1.807, 2.05) is 0 Å². The number of halogens is 1. The normalized spacial score (nSPS) is 19.1. The van der Waals surface area contributed by atoms with Crippen molar-refractivity contribution in [1.29, 1.82) is 0 Å². The Kier molecular flexibility index (Phi) is 3.67. The molecular weight excluding hydrogens is 340 g/mol. The summed E-state index contributed by atoms with van der Waals surface area (Å²) in [6.07, 6.45) is 0. The van der Waals surface area contributed by atoms with Gasteiger partial charge in [-0.2, -0.15) is 4.31 Å². The fourth-order valence-corrected chi connectivity index (χ4v) is 4.49. The third kappa shape index (κ3) is 2.39. The molecule has 8 nitrogen and oxygen atoms in total. The van der Waals surface area contributed by atoms with E-state index in [9.17, 15) is 13.2 Å². The summed E-state index contributed by atoms with van der Waals surface area (Å²) in [6, 6.07) is 0. The Balaban J connectivity index is 2.15. The van der Waals surface area contributed by atoms with Crippen molar-refractivity contribution in [2.45, 2.75) is 11.9 Å². The van der Waals surface area contributed by atoms with Gasteiger partial charge in [0, 0.05) is 20.1 Å². The van der Waals surface area contributed by atoms with Crippen LogP contribution < -0.4 is 0 Å². The first kappa shape index (κ1) is 14.4. The number of aryl methyl sites for hydroxylation is 1. The summed E-state index contributed by atoms with van der Waals surface area (Å²) in [5.74, 6) is -1.63. The van der Waals surface area contributed by atoms with Crippen LogP contribution in [0.2, 0.25) is 0 Å². The van der Waals surface area contributed by atoms with E-state index in [0.717, 1.165) is 0 Å². The Morgan fingerprint density at radius 2 is 2.11 bits per heavy atom. The Morgan fingerprint density at radius 1 is 1.53 bits per heavy atom. The molecule has 0 spiro atoms. The lowest BCUT2D eigenvalue weighted by Crippen LogP contribution is -2.53. The molecule has 0 saturated carbocycles. The van der Waals surface area contributed by atoms with E-state index in [2.05, 4.69) is 26.2 Å². The van der Waals surface area contributed by atoms with Crippen LogP contribution in [0.4, 0.5) is 0 Å². The van der Waals surface area contributed by atoms with Gasteiger partial charge in [-0.3, -0.25) is 4.79 Å². The van der Waals surface area contributed by atoms with Gasteiger partial charge >= 0.3 is 5.97 Å². The van der Waals surface area contributed by atoms with Crippen LogP contribution in [0, 0.1) is 11.8 Å². The lowest BCUT2D eigenvalue weighted by molar-refractivity contribution is -0.144. The number of aromatic nitrogens is 3. The molecule has 2 heterocycles. The molecule has 19 heavy (non-hydrogen) atoms. The first-order valence-corrected chi connectivity index (χ1v) is 7.76. The second-order valence-corrected chi connectivity index (χ2v) is 7.12. The van der Waals surface area contributed by atoms with Gasteiger partial charge in [0.2, 0.25) is 5.03 Å². The number of rotatable bonds is 4.